The summed E-state index contributed by atoms with van der Waals surface area (Å²) in [6.45, 7) is 0.577. The van der Waals surface area contributed by atoms with E-state index in [1.165, 1.54) is 32.1 Å². The van der Waals surface area contributed by atoms with Crippen LogP contribution in [-0.2, 0) is 0 Å². The lowest BCUT2D eigenvalue weighted by molar-refractivity contribution is 0.0950. The number of aliphatic hydroxyl groups is 1. The highest BCUT2D eigenvalue weighted by Gasteiger charge is 2.13. The smallest absolute Gasteiger partial charge is 0.251 e. The fourth-order valence-corrected chi connectivity index (χ4v) is 2.85. The van der Waals surface area contributed by atoms with Crippen molar-refractivity contribution >= 4 is 5.91 Å². The molecule has 1 aliphatic carbocycles. The topological polar surface area (TPSA) is 49.3 Å². The van der Waals surface area contributed by atoms with Crippen molar-refractivity contribution in [2.75, 3.05) is 13.2 Å². The number of rotatable bonds is 4. The summed E-state index contributed by atoms with van der Waals surface area (Å²) < 4.78 is 0. The van der Waals surface area contributed by atoms with Crippen molar-refractivity contribution in [3.05, 3.63) is 35.4 Å². The Morgan fingerprint density at radius 3 is 2.86 bits per heavy atom. The van der Waals surface area contributed by atoms with Gasteiger partial charge in [0, 0.05) is 17.7 Å². The van der Waals surface area contributed by atoms with Crippen molar-refractivity contribution in [3.8, 4) is 11.8 Å². The third-order valence-corrected chi connectivity index (χ3v) is 4.00. The molecule has 0 atom stereocenters. The fourth-order valence-electron chi connectivity index (χ4n) is 2.85. The van der Waals surface area contributed by atoms with Gasteiger partial charge in [-0.05, 0) is 30.5 Å². The predicted octanol–water partition coefficient (Wildman–Crippen LogP) is 2.73. The van der Waals surface area contributed by atoms with Gasteiger partial charge < -0.3 is 10.4 Å². The number of nitrogens with one attached hydrogen (secondary N) is 1. The van der Waals surface area contributed by atoms with E-state index in [4.69, 9.17) is 5.11 Å². The molecular weight excluding hydrogens is 262 g/mol. The Morgan fingerprint density at radius 2 is 2.10 bits per heavy atom. The Bertz CT molecular complexity index is 522. The molecule has 1 aliphatic rings. The molecule has 112 valence electrons. The Labute approximate surface area is 126 Å². The van der Waals surface area contributed by atoms with Crippen LogP contribution in [0.1, 0.15) is 54.4 Å². The van der Waals surface area contributed by atoms with Crippen LogP contribution in [0.15, 0.2) is 24.3 Å². The van der Waals surface area contributed by atoms with E-state index in [9.17, 15) is 4.79 Å². The molecule has 2 N–H and O–H groups in total. The van der Waals surface area contributed by atoms with Crippen LogP contribution in [0.3, 0.4) is 0 Å². The average Bonchev–Trinajstić information content (AvgIpc) is 2.54. The van der Waals surface area contributed by atoms with E-state index in [0.717, 1.165) is 24.4 Å². The van der Waals surface area contributed by atoms with Gasteiger partial charge in [-0.15, -0.1) is 0 Å². The van der Waals surface area contributed by atoms with Crippen LogP contribution in [0.2, 0.25) is 0 Å². The fraction of sp³-hybridized carbons (Fsp3) is 0.500. The predicted molar refractivity (Wildman–Crippen MR) is 83.9 cm³/mol. The van der Waals surface area contributed by atoms with Crippen LogP contribution < -0.4 is 5.32 Å². The lowest BCUT2D eigenvalue weighted by Crippen LogP contribution is -2.26. The Morgan fingerprint density at radius 1 is 1.29 bits per heavy atom. The molecule has 0 radical (unpaired) electrons. The summed E-state index contributed by atoms with van der Waals surface area (Å²) in [4.78, 5) is 12.1. The summed E-state index contributed by atoms with van der Waals surface area (Å²) in [5, 5.41) is 11.7. The van der Waals surface area contributed by atoms with Crippen LogP contribution in [-0.4, -0.2) is 24.2 Å². The van der Waals surface area contributed by atoms with Crippen LogP contribution in [0.25, 0.3) is 0 Å². The quantitative estimate of drug-likeness (QED) is 0.836. The minimum atomic E-state index is -0.169. The molecule has 3 heteroatoms. The number of carbonyl (C=O) groups is 1. The van der Waals surface area contributed by atoms with E-state index in [0.29, 0.717) is 5.56 Å². The van der Waals surface area contributed by atoms with Gasteiger partial charge in [0.15, 0.2) is 0 Å². The maximum Gasteiger partial charge on any atom is 0.251 e. The third kappa shape index (κ3) is 5.24. The van der Waals surface area contributed by atoms with Gasteiger partial charge in [0.1, 0.15) is 6.61 Å². The second kappa shape index (κ2) is 8.49. The zero-order valence-corrected chi connectivity index (χ0v) is 12.4. The molecule has 1 aromatic carbocycles. The summed E-state index contributed by atoms with van der Waals surface area (Å²) in [7, 11) is 0. The molecule has 0 heterocycles. The van der Waals surface area contributed by atoms with Gasteiger partial charge in [-0.1, -0.05) is 50.0 Å². The van der Waals surface area contributed by atoms with E-state index in [2.05, 4.69) is 17.2 Å². The Kier molecular flexibility index (Phi) is 6.30. The van der Waals surface area contributed by atoms with Crippen LogP contribution in [0, 0.1) is 17.8 Å². The van der Waals surface area contributed by atoms with Gasteiger partial charge in [0.2, 0.25) is 0 Å². The SMILES string of the molecule is O=C(NCCC1CCCCC1)c1cccc(C#CCO)c1. The molecule has 3 nitrogen and oxygen atoms in total. The average molecular weight is 285 g/mol. The van der Waals surface area contributed by atoms with Crippen molar-refractivity contribution in [3.63, 3.8) is 0 Å². The minimum absolute atomic E-state index is 0.0431. The molecule has 1 fully saturated rings. The molecule has 0 spiro atoms. The first-order chi connectivity index (χ1) is 10.3. The molecule has 0 bridgehead atoms. The van der Waals surface area contributed by atoms with Crippen molar-refractivity contribution in [2.24, 2.45) is 5.92 Å². The Hall–Kier alpha value is -1.79. The molecule has 1 aromatic rings. The number of hydrogen-bond donors (Lipinski definition) is 2. The zero-order valence-electron chi connectivity index (χ0n) is 12.4. The third-order valence-electron chi connectivity index (χ3n) is 4.00. The maximum atomic E-state index is 12.1. The van der Waals surface area contributed by atoms with Gasteiger partial charge in [0.25, 0.3) is 5.91 Å². The number of aliphatic hydroxyl groups excluding tert-OH is 1. The number of hydrogen-bond acceptors (Lipinski definition) is 2. The number of amides is 1. The molecule has 0 aromatic heterocycles. The van der Waals surface area contributed by atoms with E-state index in [1.54, 1.807) is 12.1 Å². The molecular formula is C18H23NO2. The maximum absolute atomic E-state index is 12.1. The van der Waals surface area contributed by atoms with Crippen molar-refractivity contribution in [2.45, 2.75) is 38.5 Å². The lowest BCUT2D eigenvalue weighted by Gasteiger charge is -2.21. The lowest BCUT2D eigenvalue weighted by atomic mass is 9.87. The van der Waals surface area contributed by atoms with E-state index >= 15 is 0 Å². The zero-order chi connectivity index (χ0) is 14.9. The van der Waals surface area contributed by atoms with Crippen molar-refractivity contribution in [1.82, 2.24) is 5.32 Å². The second-order valence-electron chi connectivity index (χ2n) is 5.59. The summed E-state index contributed by atoms with van der Waals surface area (Å²) in [6, 6.07) is 7.21. The molecule has 0 saturated heterocycles. The molecule has 1 saturated carbocycles. The highest BCUT2D eigenvalue weighted by Crippen LogP contribution is 2.25. The van der Waals surface area contributed by atoms with Gasteiger partial charge in [-0.25, -0.2) is 0 Å². The van der Waals surface area contributed by atoms with Gasteiger partial charge in [-0.3, -0.25) is 4.79 Å². The molecule has 2 rings (SSSR count). The normalized spacial score (nSPS) is 15.1. The van der Waals surface area contributed by atoms with E-state index in [-0.39, 0.29) is 12.5 Å². The van der Waals surface area contributed by atoms with Crippen LogP contribution >= 0.6 is 0 Å². The van der Waals surface area contributed by atoms with E-state index in [1.807, 2.05) is 12.1 Å². The summed E-state index contributed by atoms with van der Waals surface area (Å²) in [5.41, 5.74) is 1.38. The second-order valence-corrected chi connectivity index (χ2v) is 5.59. The Balaban J connectivity index is 1.82. The standard InChI is InChI=1S/C18H23NO2/c20-13-5-9-16-8-4-10-17(14-16)18(21)19-12-11-15-6-2-1-3-7-15/h4,8,10,14-15,20H,1-3,6-7,11-13H2,(H,19,21). The van der Waals surface area contributed by atoms with Gasteiger partial charge in [0.05, 0.1) is 0 Å². The van der Waals surface area contributed by atoms with Crippen molar-refractivity contribution < 1.29 is 9.90 Å². The largest absolute Gasteiger partial charge is 0.384 e. The molecule has 0 unspecified atom stereocenters. The monoisotopic (exact) mass is 285 g/mol. The van der Waals surface area contributed by atoms with Crippen LogP contribution in [0.5, 0.6) is 0 Å². The summed E-state index contributed by atoms with van der Waals surface area (Å²) in [6.07, 6.45) is 7.73. The summed E-state index contributed by atoms with van der Waals surface area (Å²) >= 11 is 0. The first-order valence-electron chi connectivity index (χ1n) is 7.77. The van der Waals surface area contributed by atoms with Gasteiger partial charge in [-0.2, -0.15) is 0 Å². The first kappa shape index (κ1) is 15.6. The van der Waals surface area contributed by atoms with E-state index < -0.39 is 0 Å². The summed E-state index contributed by atoms with van der Waals surface area (Å²) in [5.74, 6) is 6.14. The molecule has 0 aliphatic heterocycles. The number of carbonyl (C=O) groups excluding carboxylic acids is 1. The van der Waals surface area contributed by atoms with Crippen molar-refractivity contribution in [1.29, 1.82) is 0 Å². The van der Waals surface area contributed by atoms with Crippen LogP contribution in [0.4, 0.5) is 0 Å². The first-order valence-corrected chi connectivity index (χ1v) is 7.77. The highest BCUT2D eigenvalue weighted by molar-refractivity contribution is 5.94. The number of benzene rings is 1. The molecule has 21 heavy (non-hydrogen) atoms. The minimum Gasteiger partial charge on any atom is -0.384 e. The molecule has 1 amide bonds. The van der Waals surface area contributed by atoms with Gasteiger partial charge >= 0.3 is 0 Å². The highest BCUT2D eigenvalue weighted by atomic mass is 16.2.